The Balaban J connectivity index is 2.30. The maximum atomic E-state index is 12.8. The van der Waals surface area contributed by atoms with Crippen LogP contribution in [0, 0.1) is 5.82 Å². The van der Waals surface area contributed by atoms with Gasteiger partial charge in [-0.25, -0.2) is 9.18 Å². The number of rotatable bonds is 5. The number of amides is 2. The van der Waals surface area contributed by atoms with Gasteiger partial charge in [0.15, 0.2) is 0 Å². The lowest BCUT2D eigenvalue weighted by Gasteiger charge is -2.10. The summed E-state index contributed by atoms with van der Waals surface area (Å²) >= 11 is 0. The molecular weight excluding hydrogens is 221 g/mol. The first-order valence-electron chi connectivity index (χ1n) is 5.67. The number of benzene rings is 1. The lowest BCUT2D eigenvalue weighted by Crippen LogP contribution is -2.33. The first-order chi connectivity index (χ1) is 8.11. The summed E-state index contributed by atoms with van der Waals surface area (Å²) in [7, 11) is 0. The Labute approximate surface area is 100 Å². The molecule has 1 unspecified atom stereocenters. The SMILES string of the molecule is CCC(N)CCNC(=O)Nc1cccc(F)c1. The molecule has 0 radical (unpaired) electrons. The van der Waals surface area contributed by atoms with Gasteiger partial charge in [-0.2, -0.15) is 0 Å². The fourth-order valence-corrected chi connectivity index (χ4v) is 1.32. The Morgan fingerprint density at radius 3 is 2.94 bits per heavy atom. The second-order valence-electron chi connectivity index (χ2n) is 3.85. The fourth-order valence-electron chi connectivity index (χ4n) is 1.32. The Morgan fingerprint density at radius 1 is 1.53 bits per heavy atom. The summed E-state index contributed by atoms with van der Waals surface area (Å²) < 4.78 is 12.8. The maximum Gasteiger partial charge on any atom is 0.319 e. The second-order valence-corrected chi connectivity index (χ2v) is 3.85. The predicted molar refractivity (Wildman–Crippen MR) is 66.3 cm³/mol. The molecule has 4 N–H and O–H groups in total. The van der Waals surface area contributed by atoms with Gasteiger partial charge in [0, 0.05) is 18.3 Å². The van der Waals surface area contributed by atoms with Gasteiger partial charge in [-0.3, -0.25) is 0 Å². The van der Waals surface area contributed by atoms with Gasteiger partial charge in [0.05, 0.1) is 0 Å². The minimum Gasteiger partial charge on any atom is -0.338 e. The van der Waals surface area contributed by atoms with Crippen LogP contribution in [0.25, 0.3) is 0 Å². The van der Waals surface area contributed by atoms with Gasteiger partial charge in [0.2, 0.25) is 0 Å². The molecule has 0 heterocycles. The molecule has 94 valence electrons. The number of halogens is 1. The van der Waals surface area contributed by atoms with Crippen molar-refractivity contribution in [1.29, 1.82) is 0 Å². The number of nitrogens with one attached hydrogen (secondary N) is 2. The molecule has 0 saturated carbocycles. The van der Waals surface area contributed by atoms with Gasteiger partial charge in [0.1, 0.15) is 5.82 Å². The molecule has 1 aromatic rings. The largest absolute Gasteiger partial charge is 0.338 e. The van der Waals surface area contributed by atoms with Crippen LogP contribution in [-0.4, -0.2) is 18.6 Å². The van der Waals surface area contributed by atoms with Crippen molar-refractivity contribution < 1.29 is 9.18 Å². The summed E-state index contributed by atoms with van der Waals surface area (Å²) in [6.07, 6.45) is 1.61. The first-order valence-corrected chi connectivity index (χ1v) is 5.67. The van der Waals surface area contributed by atoms with E-state index in [-0.39, 0.29) is 17.9 Å². The van der Waals surface area contributed by atoms with Gasteiger partial charge in [-0.15, -0.1) is 0 Å². The molecule has 0 fully saturated rings. The lowest BCUT2D eigenvalue weighted by atomic mass is 10.2. The summed E-state index contributed by atoms with van der Waals surface area (Å²) in [6, 6.07) is 5.50. The van der Waals surface area contributed by atoms with Gasteiger partial charge in [0.25, 0.3) is 0 Å². The number of carbonyl (C=O) groups is 1. The molecule has 4 nitrogen and oxygen atoms in total. The molecule has 0 spiro atoms. The van der Waals surface area contributed by atoms with Gasteiger partial charge < -0.3 is 16.4 Å². The standard InChI is InChI=1S/C12H18FN3O/c1-2-10(14)6-7-15-12(17)16-11-5-3-4-9(13)8-11/h3-5,8,10H,2,6-7,14H2,1H3,(H2,15,16,17). The number of anilines is 1. The number of urea groups is 1. The van der Waals surface area contributed by atoms with Crippen LogP contribution in [0.5, 0.6) is 0 Å². The van der Waals surface area contributed by atoms with E-state index in [1.807, 2.05) is 6.92 Å². The molecule has 1 aromatic carbocycles. The van der Waals surface area contributed by atoms with Crippen LogP contribution in [0.4, 0.5) is 14.9 Å². The van der Waals surface area contributed by atoms with Gasteiger partial charge in [-0.1, -0.05) is 13.0 Å². The molecule has 5 heteroatoms. The highest BCUT2D eigenvalue weighted by atomic mass is 19.1. The highest BCUT2D eigenvalue weighted by Crippen LogP contribution is 2.08. The topological polar surface area (TPSA) is 67.1 Å². The van der Waals surface area contributed by atoms with E-state index in [0.717, 1.165) is 12.8 Å². The zero-order valence-corrected chi connectivity index (χ0v) is 9.87. The van der Waals surface area contributed by atoms with E-state index in [4.69, 9.17) is 5.73 Å². The summed E-state index contributed by atoms with van der Waals surface area (Å²) in [5.74, 6) is -0.379. The van der Waals surface area contributed by atoms with Crippen molar-refractivity contribution >= 4 is 11.7 Å². The molecule has 0 aliphatic rings. The van der Waals surface area contributed by atoms with Crippen molar-refractivity contribution in [3.8, 4) is 0 Å². The number of hydrogen-bond donors (Lipinski definition) is 3. The Bertz CT molecular complexity index is 371. The summed E-state index contributed by atoms with van der Waals surface area (Å²) in [5.41, 5.74) is 6.14. The molecule has 17 heavy (non-hydrogen) atoms. The molecule has 0 bridgehead atoms. The van der Waals surface area contributed by atoms with E-state index < -0.39 is 0 Å². The number of nitrogens with two attached hydrogens (primary N) is 1. The minimum absolute atomic E-state index is 0.101. The van der Waals surface area contributed by atoms with Crippen molar-refractivity contribution in [3.63, 3.8) is 0 Å². The van der Waals surface area contributed by atoms with E-state index in [1.165, 1.54) is 18.2 Å². The van der Waals surface area contributed by atoms with Crippen LogP contribution < -0.4 is 16.4 Å². The molecule has 0 aliphatic carbocycles. The van der Waals surface area contributed by atoms with Crippen LogP contribution in [0.3, 0.4) is 0 Å². The van der Waals surface area contributed by atoms with E-state index in [1.54, 1.807) is 6.07 Å². The fraction of sp³-hybridized carbons (Fsp3) is 0.417. The van der Waals surface area contributed by atoms with Crippen molar-refractivity contribution in [2.75, 3.05) is 11.9 Å². The van der Waals surface area contributed by atoms with Crippen LogP contribution >= 0.6 is 0 Å². The summed E-state index contributed by atoms with van der Waals surface area (Å²) in [6.45, 7) is 2.51. The average molecular weight is 239 g/mol. The zero-order chi connectivity index (χ0) is 12.7. The first kappa shape index (κ1) is 13.4. The molecule has 0 aromatic heterocycles. The Hall–Kier alpha value is -1.62. The maximum absolute atomic E-state index is 12.8. The van der Waals surface area contributed by atoms with E-state index in [0.29, 0.717) is 12.2 Å². The Kier molecular flexibility index (Phi) is 5.42. The predicted octanol–water partition coefficient (Wildman–Crippen LogP) is 2.07. The van der Waals surface area contributed by atoms with Crippen molar-refractivity contribution in [2.45, 2.75) is 25.8 Å². The third kappa shape index (κ3) is 5.31. The van der Waals surface area contributed by atoms with Crippen molar-refractivity contribution in [2.24, 2.45) is 5.73 Å². The van der Waals surface area contributed by atoms with Crippen LogP contribution in [0.1, 0.15) is 19.8 Å². The zero-order valence-electron chi connectivity index (χ0n) is 9.87. The second kappa shape index (κ2) is 6.85. The minimum atomic E-state index is -0.379. The number of carbonyl (C=O) groups excluding carboxylic acids is 1. The quantitative estimate of drug-likeness (QED) is 0.736. The summed E-state index contributed by atoms with van der Waals surface area (Å²) in [4.78, 5) is 11.4. The lowest BCUT2D eigenvalue weighted by molar-refractivity contribution is 0.251. The van der Waals surface area contributed by atoms with Crippen molar-refractivity contribution in [1.82, 2.24) is 5.32 Å². The Morgan fingerprint density at radius 2 is 2.29 bits per heavy atom. The molecule has 1 atom stereocenters. The van der Waals surface area contributed by atoms with Gasteiger partial charge in [-0.05, 0) is 31.0 Å². The normalized spacial score (nSPS) is 11.9. The third-order valence-electron chi connectivity index (χ3n) is 2.41. The highest BCUT2D eigenvalue weighted by molar-refractivity contribution is 5.89. The molecule has 2 amide bonds. The monoisotopic (exact) mass is 239 g/mol. The van der Waals surface area contributed by atoms with Crippen LogP contribution in [0.15, 0.2) is 24.3 Å². The van der Waals surface area contributed by atoms with Gasteiger partial charge >= 0.3 is 6.03 Å². The summed E-state index contributed by atoms with van der Waals surface area (Å²) in [5, 5.41) is 5.21. The van der Waals surface area contributed by atoms with E-state index >= 15 is 0 Å². The molecule has 0 aliphatic heterocycles. The van der Waals surface area contributed by atoms with Crippen LogP contribution in [0.2, 0.25) is 0 Å². The smallest absolute Gasteiger partial charge is 0.319 e. The van der Waals surface area contributed by atoms with E-state index in [9.17, 15) is 9.18 Å². The van der Waals surface area contributed by atoms with Crippen molar-refractivity contribution in [3.05, 3.63) is 30.1 Å². The third-order valence-corrected chi connectivity index (χ3v) is 2.41. The molecular formula is C12H18FN3O. The number of hydrogen-bond acceptors (Lipinski definition) is 2. The average Bonchev–Trinajstić information content (AvgIpc) is 2.28. The molecule has 1 rings (SSSR count). The highest BCUT2D eigenvalue weighted by Gasteiger charge is 2.03. The van der Waals surface area contributed by atoms with Crippen LogP contribution in [-0.2, 0) is 0 Å². The van der Waals surface area contributed by atoms with E-state index in [2.05, 4.69) is 10.6 Å². The molecule has 0 saturated heterocycles.